The lowest BCUT2D eigenvalue weighted by atomic mass is 10.1. The summed E-state index contributed by atoms with van der Waals surface area (Å²) < 4.78 is 15.0. The largest absolute Gasteiger partial charge is 0.292 e. The molecule has 0 aliphatic rings. The van der Waals surface area contributed by atoms with Crippen molar-refractivity contribution in [2.45, 2.75) is 55.4 Å². The molecule has 0 saturated heterocycles. The van der Waals surface area contributed by atoms with Crippen LogP contribution >= 0.6 is 90.7 Å². The molecule has 0 unspecified atom stereocenters. The van der Waals surface area contributed by atoms with Crippen molar-refractivity contribution < 1.29 is 0 Å². The number of rotatable bonds is 1. The van der Waals surface area contributed by atoms with Gasteiger partial charge in [-0.1, -0.05) is 127 Å². The standard InChI is InChI=1S/C23H15N3S.4C12H9NS.3C11H8N2S/c1-14-24-21-17-10-4-7-13-20(17)27-22(21)23(25-14)26-18-11-5-2-8-15(18)16-9-3-6-12-19(16)26;1-8-4-2-5-9-11-10(14-12(8)9)6-3-7-13-11;3*1-8-4-2-5-9-10-6-3-7-13-12(10)14-11(8)9;3*1-7-5-9-8-3-2-4-12-11(8)14-10(9)6-13-7/h2-13H,1H3;4*2-7H,1H3;3*2-6H,1H3. The molecule has 0 aliphatic heterocycles. The predicted molar refractivity (Wildman–Crippen MR) is 540 cm³/mol. The van der Waals surface area contributed by atoms with Crippen molar-refractivity contribution in [2.24, 2.45) is 0 Å². The van der Waals surface area contributed by atoms with Crippen molar-refractivity contribution in [3.8, 4) is 5.82 Å². The van der Waals surface area contributed by atoms with Crippen molar-refractivity contribution in [3.63, 3.8) is 0 Å². The van der Waals surface area contributed by atoms with Crippen molar-refractivity contribution >= 4 is 275 Å². The molecule has 0 radical (unpaired) electrons. The highest BCUT2D eigenvalue weighted by Crippen LogP contribution is 2.43. The fourth-order valence-electron chi connectivity index (χ4n) is 15.9. The van der Waals surface area contributed by atoms with Crippen LogP contribution in [0.1, 0.15) is 45.2 Å². The van der Waals surface area contributed by atoms with E-state index in [0.29, 0.717) is 0 Å². The van der Waals surface area contributed by atoms with Crippen LogP contribution in [0.25, 0.3) is 190 Å². The van der Waals surface area contributed by atoms with Gasteiger partial charge in [0.2, 0.25) is 0 Å². The van der Waals surface area contributed by atoms with E-state index in [9.17, 15) is 0 Å². The average molecular weight is 1760 g/mol. The van der Waals surface area contributed by atoms with E-state index < -0.39 is 0 Å². The minimum absolute atomic E-state index is 0.794. The number of pyridine rings is 10. The Hall–Kier alpha value is -13.3. The van der Waals surface area contributed by atoms with Crippen molar-refractivity contribution in [2.75, 3.05) is 0 Å². The Balaban J connectivity index is 0.0000000916. The minimum Gasteiger partial charge on any atom is -0.292 e. The number of hydrogen-bond donors (Lipinski definition) is 0. The smallest absolute Gasteiger partial charge is 0.159 e. The summed E-state index contributed by atoms with van der Waals surface area (Å²) in [4.78, 5) is 59.8. The Kier molecular flexibility index (Phi) is 22.3. The molecule has 27 rings (SSSR count). The van der Waals surface area contributed by atoms with E-state index in [1.165, 1.54) is 162 Å². The Morgan fingerprint density at radius 2 is 0.512 bits per heavy atom. The molecule has 20 aromatic heterocycles. The number of hydrogen-bond acceptors (Lipinski definition) is 20. The normalized spacial score (nSPS) is 11.4. The summed E-state index contributed by atoms with van der Waals surface area (Å²) in [7, 11) is 0. The number of thiophene rings is 8. The van der Waals surface area contributed by atoms with Gasteiger partial charge in [0.25, 0.3) is 0 Å². The second kappa shape index (κ2) is 34.8. The first-order valence-corrected chi connectivity index (χ1v) is 47.2. The van der Waals surface area contributed by atoms with E-state index in [-0.39, 0.29) is 0 Å². The number of aromatic nitrogens is 13. The topological polar surface area (TPSA) is 160 Å². The van der Waals surface area contributed by atoms with E-state index in [0.717, 1.165) is 73.4 Å². The van der Waals surface area contributed by atoms with Crippen LogP contribution in [0, 0.1) is 55.4 Å². The summed E-state index contributed by atoms with van der Waals surface area (Å²) in [6, 6.07) is 86.4. The summed E-state index contributed by atoms with van der Waals surface area (Å²) in [6.07, 6.45) is 18.7. The number of fused-ring (bicyclic) bond motifs is 27. The molecule has 125 heavy (non-hydrogen) atoms. The van der Waals surface area contributed by atoms with Gasteiger partial charge in [-0.15, -0.1) is 90.7 Å². The summed E-state index contributed by atoms with van der Waals surface area (Å²) >= 11 is 14.0. The third kappa shape index (κ3) is 15.8. The first-order chi connectivity index (χ1) is 61.3. The van der Waals surface area contributed by atoms with Crippen LogP contribution < -0.4 is 0 Å². The quantitative estimate of drug-likeness (QED) is 0.153. The summed E-state index contributed by atoms with van der Waals surface area (Å²) in [5, 5.41) is 20.3. The van der Waals surface area contributed by atoms with Gasteiger partial charge in [0.1, 0.15) is 34.8 Å². The summed E-state index contributed by atoms with van der Waals surface area (Å²) in [5.74, 6) is 1.76. The summed E-state index contributed by atoms with van der Waals surface area (Å²) in [5.41, 5.74) is 13.1. The predicted octanol–water partition coefficient (Wildman–Crippen LogP) is 30.7. The molecule has 0 amide bonds. The van der Waals surface area contributed by atoms with Gasteiger partial charge in [-0.25, -0.2) is 39.9 Å². The Bertz CT molecular complexity index is 7940. The molecule has 0 saturated carbocycles. The van der Waals surface area contributed by atoms with Crippen LogP contribution in [-0.4, -0.2) is 64.4 Å². The second-order valence-electron chi connectivity index (χ2n) is 30.2. The fraction of sp³-hybridized carbons (Fsp3) is 0.0769. The molecule has 0 aliphatic carbocycles. The van der Waals surface area contributed by atoms with Gasteiger partial charge < -0.3 is 0 Å². The highest BCUT2D eigenvalue weighted by molar-refractivity contribution is 7.28. The van der Waals surface area contributed by atoms with Crippen molar-refractivity contribution in [3.05, 3.63) is 356 Å². The third-order valence-corrected chi connectivity index (χ3v) is 31.2. The lowest BCUT2D eigenvalue weighted by Gasteiger charge is -2.08. The molecule has 0 N–H and O–H groups in total. The molecular formula is C104H75N13S8. The first kappa shape index (κ1) is 80.1. The van der Waals surface area contributed by atoms with Crippen LogP contribution in [0.4, 0.5) is 0 Å². The molecule has 0 spiro atoms. The number of para-hydroxylation sites is 2. The van der Waals surface area contributed by atoms with Crippen molar-refractivity contribution in [1.82, 2.24) is 64.4 Å². The maximum atomic E-state index is 4.90. The van der Waals surface area contributed by atoms with E-state index in [1.807, 2.05) is 143 Å². The Morgan fingerprint density at radius 1 is 0.208 bits per heavy atom. The maximum absolute atomic E-state index is 4.90. The molecule has 604 valence electrons. The first-order valence-electron chi connectivity index (χ1n) is 40.6. The van der Waals surface area contributed by atoms with E-state index in [4.69, 9.17) is 9.97 Å². The van der Waals surface area contributed by atoms with Crippen LogP contribution in [0.2, 0.25) is 0 Å². The zero-order valence-corrected chi connectivity index (χ0v) is 75.6. The highest BCUT2D eigenvalue weighted by Gasteiger charge is 2.20. The SMILES string of the molecule is Cc1cc2c(cn1)sc1ncccc12.Cc1cc2c(cn1)sc1ncccc12.Cc1cc2c(cn1)sc1ncccc12.Cc1cccc2c1sc1cccnc12.Cc1cccc2c1sc1ncccc12.Cc1cccc2c1sc1ncccc12.Cc1cccc2c1sc1ncccc12.Cc1nc(-n2c3ccccc3c3ccccc32)c2sc3ccccc3c2n1. The lowest BCUT2D eigenvalue weighted by Crippen LogP contribution is -2.00. The van der Waals surface area contributed by atoms with E-state index in [2.05, 4.69) is 288 Å². The maximum Gasteiger partial charge on any atom is 0.159 e. The third-order valence-electron chi connectivity index (χ3n) is 21.8. The van der Waals surface area contributed by atoms with Crippen LogP contribution in [0.3, 0.4) is 0 Å². The summed E-state index contributed by atoms with van der Waals surface area (Å²) in [6.45, 7) is 16.6. The molecule has 20 heterocycles. The molecule has 27 aromatic rings. The number of benzene rings is 7. The Labute approximate surface area is 749 Å². The average Bonchev–Trinajstić information content (AvgIpc) is 1.57. The second-order valence-corrected chi connectivity index (χ2v) is 38.4. The minimum atomic E-state index is 0.794. The van der Waals surface area contributed by atoms with Gasteiger partial charge in [-0.3, -0.25) is 24.5 Å². The van der Waals surface area contributed by atoms with Gasteiger partial charge in [0.05, 0.1) is 45.6 Å². The zero-order chi connectivity index (χ0) is 84.8. The monoisotopic (exact) mass is 1760 g/mol. The number of aryl methyl sites for hydroxylation is 8. The molecule has 21 heteroatoms. The van der Waals surface area contributed by atoms with Crippen LogP contribution in [-0.2, 0) is 0 Å². The van der Waals surface area contributed by atoms with Gasteiger partial charge >= 0.3 is 0 Å². The van der Waals surface area contributed by atoms with E-state index in [1.54, 1.807) is 79.4 Å². The molecule has 7 aromatic carbocycles. The van der Waals surface area contributed by atoms with Gasteiger partial charge in [-0.05, 0) is 199 Å². The molecule has 0 bridgehead atoms. The molecule has 0 atom stereocenters. The Morgan fingerprint density at radius 3 is 0.920 bits per heavy atom. The van der Waals surface area contributed by atoms with Crippen molar-refractivity contribution in [1.29, 1.82) is 0 Å². The van der Waals surface area contributed by atoms with Gasteiger partial charge in [0, 0.05) is 189 Å². The number of nitrogens with zero attached hydrogens (tertiary/aromatic N) is 13. The molecule has 0 fully saturated rings. The lowest BCUT2D eigenvalue weighted by molar-refractivity contribution is 1.02. The van der Waals surface area contributed by atoms with Crippen LogP contribution in [0.15, 0.2) is 311 Å². The van der Waals surface area contributed by atoms with Crippen LogP contribution in [0.5, 0.6) is 0 Å². The molecule has 13 nitrogen and oxygen atoms in total. The highest BCUT2D eigenvalue weighted by atomic mass is 32.1. The van der Waals surface area contributed by atoms with Gasteiger partial charge in [0.15, 0.2) is 5.82 Å². The molecular weight excluding hydrogens is 1690 g/mol. The zero-order valence-electron chi connectivity index (χ0n) is 69.0. The van der Waals surface area contributed by atoms with Gasteiger partial charge in [-0.2, -0.15) is 0 Å². The fourth-order valence-corrected chi connectivity index (χ4v) is 24.5. The van der Waals surface area contributed by atoms with E-state index >= 15 is 0 Å².